The Labute approximate surface area is 126 Å². The molecule has 0 aliphatic carbocycles. The predicted molar refractivity (Wildman–Crippen MR) is 82.8 cm³/mol. The zero-order valence-electron chi connectivity index (χ0n) is 11.1. The summed E-state index contributed by atoms with van der Waals surface area (Å²) in [6.45, 7) is 1.57. The maximum absolute atomic E-state index is 5.78. The van der Waals surface area contributed by atoms with E-state index in [4.69, 9.17) is 4.74 Å². The first-order chi connectivity index (χ1) is 9.79. The minimum absolute atomic E-state index is 0.603. The smallest absolute Gasteiger partial charge is 0.224 e. The molecule has 104 valence electrons. The van der Waals surface area contributed by atoms with Crippen molar-refractivity contribution in [3.63, 3.8) is 0 Å². The number of fused-ring (bicyclic) bond motifs is 1. The van der Waals surface area contributed by atoms with Gasteiger partial charge in [0.15, 0.2) is 5.82 Å². The molecule has 1 aromatic carbocycles. The number of nitrogens with one attached hydrogen (secondary N) is 1. The van der Waals surface area contributed by atoms with Gasteiger partial charge in [-0.2, -0.15) is 4.98 Å². The molecule has 5 nitrogen and oxygen atoms in total. The maximum atomic E-state index is 5.78. The molecule has 1 aromatic heterocycles. The first-order valence-electron chi connectivity index (χ1n) is 6.49. The molecule has 1 N–H and O–H groups in total. The van der Waals surface area contributed by atoms with Crippen LogP contribution in [0, 0.1) is 0 Å². The van der Waals surface area contributed by atoms with Gasteiger partial charge in [-0.1, -0.05) is 12.1 Å². The molecule has 1 aliphatic heterocycles. The Balaban J connectivity index is 2.09. The van der Waals surface area contributed by atoms with Gasteiger partial charge in [0, 0.05) is 19.8 Å². The summed E-state index contributed by atoms with van der Waals surface area (Å²) in [5.74, 6) is 2.34. The highest BCUT2D eigenvalue weighted by molar-refractivity contribution is 9.10. The summed E-state index contributed by atoms with van der Waals surface area (Å²) < 4.78 is 6.65. The highest BCUT2D eigenvalue weighted by atomic mass is 79.9. The monoisotopic (exact) mass is 334 g/mol. The standard InChI is InChI=1S/C14H15BrN4O/c1-16-14-17-9-10(15)13(18-14)19-7-4-8-20-12-6-3-2-5-11(12)19/h2-3,5-6,9H,4,7-8H2,1H3,(H,16,17,18). The lowest BCUT2D eigenvalue weighted by Crippen LogP contribution is -2.20. The molecule has 2 heterocycles. The number of ether oxygens (including phenoxy) is 1. The van der Waals surface area contributed by atoms with Gasteiger partial charge in [0.2, 0.25) is 5.95 Å². The second-order valence-electron chi connectivity index (χ2n) is 4.44. The van der Waals surface area contributed by atoms with E-state index in [0.717, 1.165) is 41.3 Å². The molecule has 3 rings (SSSR count). The summed E-state index contributed by atoms with van der Waals surface area (Å²) in [6.07, 6.45) is 2.71. The number of benzene rings is 1. The molecule has 0 atom stereocenters. The molecule has 0 spiro atoms. The molecule has 0 saturated carbocycles. The number of hydrogen-bond donors (Lipinski definition) is 1. The lowest BCUT2D eigenvalue weighted by Gasteiger charge is -2.23. The number of rotatable bonds is 2. The van der Waals surface area contributed by atoms with Gasteiger partial charge in [0.1, 0.15) is 5.75 Å². The van der Waals surface area contributed by atoms with E-state index in [9.17, 15) is 0 Å². The summed E-state index contributed by atoms with van der Waals surface area (Å²) in [7, 11) is 1.81. The number of para-hydroxylation sites is 2. The Morgan fingerprint density at radius 3 is 3.05 bits per heavy atom. The number of nitrogens with zero attached hydrogens (tertiary/aromatic N) is 3. The van der Waals surface area contributed by atoms with Crippen LogP contribution < -0.4 is 15.0 Å². The van der Waals surface area contributed by atoms with Crippen molar-refractivity contribution in [1.82, 2.24) is 9.97 Å². The average molecular weight is 335 g/mol. The van der Waals surface area contributed by atoms with Crippen molar-refractivity contribution in [2.75, 3.05) is 30.4 Å². The average Bonchev–Trinajstić information content (AvgIpc) is 2.70. The number of anilines is 3. The van der Waals surface area contributed by atoms with Crippen LogP contribution in [0.2, 0.25) is 0 Å². The molecule has 0 radical (unpaired) electrons. The third kappa shape index (κ3) is 2.43. The third-order valence-corrected chi connectivity index (χ3v) is 3.70. The van der Waals surface area contributed by atoms with Gasteiger partial charge in [-0.25, -0.2) is 4.98 Å². The zero-order valence-corrected chi connectivity index (χ0v) is 12.7. The van der Waals surface area contributed by atoms with Crippen molar-refractivity contribution in [2.45, 2.75) is 6.42 Å². The van der Waals surface area contributed by atoms with Crippen molar-refractivity contribution in [3.05, 3.63) is 34.9 Å². The minimum Gasteiger partial charge on any atom is -0.491 e. The zero-order chi connectivity index (χ0) is 13.9. The van der Waals surface area contributed by atoms with E-state index in [0.29, 0.717) is 5.95 Å². The minimum atomic E-state index is 0.603. The van der Waals surface area contributed by atoms with Crippen LogP contribution in [-0.4, -0.2) is 30.2 Å². The van der Waals surface area contributed by atoms with Gasteiger partial charge in [-0.05, 0) is 34.5 Å². The van der Waals surface area contributed by atoms with Crippen LogP contribution in [0.4, 0.5) is 17.5 Å². The number of halogens is 1. The second kappa shape index (κ2) is 5.66. The van der Waals surface area contributed by atoms with Gasteiger partial charge < -0.3 is 15.0 Å². The first kappa shape index (κ1) is 13.2. The van der Waals surface area contributed by atoms with Crippen molar-refractivity contribution in [1.29, 1.82) is 0 Å². The van der Waals surface area contributed by atoms with E-state index in [2.05, 4.69) is 36.1 Å². The van der Waals surface area contributed by atoms with Crippen LogP contribution in [0.1, 0.15) is 6.42 Å². The molecular weight excluding hydrogens is 320 g/mol. The molecule has 20 heavy (non-hydrogen) atoms. The van der Waals surface area contributed by atoms with E-state index in [1.54, 1.807) is 6.20 Å². The lowest BCUT2D eigenvalue weighted by atomic mass is 10.2. The van der Waals surface area contributed by atoms with Crippen LogP contribution in [0.15, 0.2) is 34.9 Å². The van der Waals surface area contributed by atoms with E-state index >= 15 is 0 Å². The predicted octanol–water partition coefficient (Wildman–Crippen LogP) is 3.20. The molecule has 2 aromatic rings. The SMILES string of the molecule is CNc1ncc(Br)c(N2CCCOc3ccccc32)n1. The van der Waals surface area contributed by atoms with Crippen molar-refractivity contribution >= 4 is 33.4 Å². The Bertz CT molecular complexity index is 620. The molecular formula is C14H15BrN4O. The fraction of sp³-hybridized carbons (Fsp3) is 0.286. The van der Waals surface area contributed by atoms with Gasteiger partial charge >= 0.3 is 0 Å². The number of hydrogen-bond acceptors (Lipinski definition) is 5. The quantitative estimate of drug-likeness (QED) is 0.913. The van der Waals surface area contributed by atoms with Crippen LogP contribution in [0.3, 0.4) is 0 Å². The molecule has 1 aliphatic rings. The van der Waals surface area contributed by atoms with E-state index in [1.807, 2.05) is 31.3 Å². The Morgan fingerprint density at radius 2 is 2.20 bits per heavy atom. The maximum Gasteiger partial charge on any atom is 0.224 e. The summed E-state index contributed by atoms with van der Waals surface area (Å²) >= 11 is 3.54. The first-order valence-corrected chi connectivity index (χ1v) is 7.28. The highest BCUT2D eigenvalue weighted by Gasteiger charge is 2.21. The fourth-order valence-corrected chi connectivity index (χ4v) is 2.62. The molecule has 0 saturated heterocycles. The molecule has 6 heteroatoms. The van der Waals surface area contributed by atoms with Crippen LogP contribution in [0.5, 0.6) is 5.75 Å². The van der Waals surface area contributed by atoms with Gasteiger partial charge in [-0.3, -0.25) is 0 Å². The summed E-state index contributed by atoms with van der Waals surface area (Å²) in [5.41, 5.74) is 1.03. The summed E-state index contributed by atoms with van der Waals surface area (Å²) in [6, 6.07) is 8.03. The van der Waals surface area contributed by atoms with E-state index < -0.39 is 0 Å². The Hall–Kier alpha value is -1.82. The van der Waals surface area contributed by atoms with Crippen LogP contribution >= 0.6 is 15.9 Å². The van der Waals surface area contributed by atoms with Crippen molar-refractivity contribution in [2.24, 2.45) is 0 Å². The Morgan fingerprint density at radius 1 is 1.35 bits per heavy atom. The van der Waals surface area contributed by atoms with E-state index in [-0.39, 0.29) is 0 Å². The molecule has 0 bridgehead atoms. The topological polar surface area (TPSA) is 50.3 Å². The summed E-state index contributed by atoms with van der Waals surface area (Å²) in [5, 5.41) is 2.97. The van der Waals surface area contributed by atoms with Gasteiger partial charge in [0.05, 0.1) is 16.8 Å². The lowest BCUT2D eigenvalue weighted by molar-refractivity contribution is 0.322. The molecule has 0 fully saturated rings. The largest absolute Gasteiger partial charge is 0.491 e. The summed E-state index contributed by atoms with van der Waals surface area (Å²) in [4.78, 5) is 10.9. The van der Waals surface area contributed by atoms with Gasteiger partial charge in [-0.15, -0.1) is 0 Å². The van der Waals surface area contributed by atoms with Crippen LogP contribution in [0.25, 0.3) is 0 Å². The van der Waals surface area contributed by atoms with Crippen LogP contribution in [-0.2, 0) is 0 Å². The number of aromatic nitrogens is 2. The molecule has 0 amide bonds. The van der Waals surface area contributed by atoms with E-state index in [1.165, 1.54) is 0 Å². The van der Waals surface area contributed by atoms with Gasteiger partial charge in [0.25, 0.3) is 0 Å². The van der Waals surface area contributed by atoms with Crippen molar-refractivity contribution < 1.29 is 4.74 Å². The second-order valence-corrected chi connectivity index (χ2v) is 5.29. The van der Waals surface area contributed by atoms with Crippen molar-refractivity contribution in [3.8, 4) is 5.75 Å². The third-order valence-electron chi connectivity index (χ3n) is 3.14. The Kier molecular flexibility index (Phi) is 3.73. The normalized spacial score (nSPS) is 14.2. The highest BCUT2D eigenvalue weighted by Crippen LogP contribution is 2.37. The fourth-order valence-electron chi connectivity index (χ4n) is 2.22. The molecule has 0 unspecified atom stereocenters.